The summed E-state index contributed by atoms with van der Waals surface area (Å²) in [4.78, 5) is 4.05. The molecule has 1 atom stereocenters. The van der Waals surface area contributed by atoms with Crippen LogP contribution in [0.15, 0.2) is 24.5 Å². The molecule has 1 heterocycles. The van der Waals surface area contributed by atoms with Gasteiger partial charge in [-0.05, 0) is 25.5 Å². The van der Waals surface area contributed by atoms with Crippen LogP contribution >= 0.6 is 0 Å². The fraction of sp³-hybridized carbons (Fsp3) is 0.545. The van der Waals surface area contributed by atoms with Crippen molar-refractivity contribution >= 4 is 0 Å². The molecule has 0 saturated carbocycles. The molecule has 0 aliphatic heterocycles. The third-order valence-corrected chi connectivity index (χ3v) is 1.93. The van der Waals surface area contributed by atoms with Gasteiger partial charge in [-0.2, -0.15) is 0 Å². The van der Waals surface area contributed by atoms with E-state index in [4.69, 9.17) is 4.74 Å². The van der Waals surface area contributed by atoms with Crippen LogP contribution in [-0.2, 0) is 11.3 Å². The summed E-state index contributed by atoms with van der Waals surface area (Å²) in [5, 5.41) is 3.32. The lowest BCUT2D eigenvalue weighted by molar-refractivity contribution is 0.0759. The first kappa shape index (κ1) is 11.1. The zero-order chi connectivity index (χ0) is 10.2. The zero-order valence-electron chi connectivity index (χ0n) is 8.86. The molecule has 1 unspecified atom stereocenters. The van der Waals surface area contributed by atoms with E-state index in [1.54, 1.807) is 6.20 Å². The van der Waals surface area contributed by atoms with Gasteiger partial charge in [0.15, 0.2) is 0 Å². The molecule has 1 N–H and O–H groups in total. The molecule has 0 aliphatic carbocycles. The molecule has 0 fully saturated rings. The first-order chi connectivity index (χ1) is 6.83. The third-order valence-electron chi connectivity index (χ3n) is 1.93. The summed E-state index contributed by atoms with van der Waals surface area (Å²) in [7, 11) is 0. The second-order valence-electron chi connectivity index (χ2n) is 3.26. The third kappa shape index (κ3) is 4.35. The van der Waals surface area contributed by atoms with E-state index in [2.05, 4.69) is 23.3 Å². The van der Waals surface area contributed by atoms with Gasteiger partial charge in [0.25, 0.3) is 0 Å². The molecule has 3 heteroatoms. The standard InChI is InChI=1S/C11H18N2O/c1-3-14-10(2)7-13-9-11-5-4-6-12-8-11/h4-6,8,10,13H,3,7,9H2,1-2H3. The highest BCUT2D eigenvalue weighted by Gasteiger charge is 1.99. The summed E-state index contributed by atoms with van der Waals surface area (Å²) in [6.07, 6.45) is 3.93. The Labute approximate surface area is 85.5 Å². The Balaban J connectivity index is 2.16. The summed E-state index contributed by atoms with van der Waals surface area (Å²) in [5.41, 5.74) is 1.20. The Hall–Kier alpha value is -0.930. The largest absolute Gasteiger partial charge is 0.377 e. The quantitative estimate of drug-likeness (QED) is 0.747. The molecule has 1 aromatic heterocycles. The van der Waals surface area contributed by atoms with Gasteiger partial charge in [-0.15, -0.1) is 0 Å². The SMILES string of the molecule is CCOC(C)CNCc1cccnc1. The minimum atomic E-state index is 0.275. The highest BCUT2D eigenvalue weighted by molar-refractivity contribution is 5.07. The lowest BCUT2D eigenvalue weighted by Gasteiger charge is -2.12. The summed E-state index contributed by atoms with van der Waals surface area (Å²) < 4.78 is 5.40. The van der Waals surface area contributed by atoms with E-state index < -0.39 is 0 Å². The van der Waals surface area contributed by atoms with Gasteiger partial charge in [0.1, 0.15) is 0 Å². The van der Waals surface area contributed by atoms with E-state index in [1.807, 2.05) is 19.2 Å². The maximum Gasteiger partial charge on any atom is 0.0671 e. The minimum Gasteiger partial charge on any atom is -0.377 e. The van der Waals surface area contributed by atoms with Gasteiger partial charge in [-0.1, -0.05) is 6.07 Å². The van der Waals surface area contributed by atoms with Crippen molar-refractivity contribution in [3.63, 3.8) is 0 Å². The Bertz CT molecular complexity index is 238. The average molecular weight is 194 g/mol. The van der Waals surface area contributed by atoms with Crippen LogP contribution in [0, 0.1) is 0 Å². The van der Waals surface area contributed by atoms with Crippen molar-refractivity contribution in [2.24, 2.45) is 0 Å². The van der Waals surface area contributed by atoms with Gasteiger partial charge in [0.05, 0.1) is 6.10 Å². The number of pyridine rings is 1. The molecule has 0 radical (unpaired) electrons. The highest BCUT2D eigenvalue weighted by atomic mass is 16.5. The molecular weight excluding hydrogens is 176 g/mol. The normalized spacial score (nSPS) is 12.7. The lowest BCUT2D eigenvalue weighted by Crippen LogP contribution is -2.26. The number of ether oxygens (including phenoxy) is 1. The van der Waals surface area contributed by atoms with E-state index in [-0.39, 0.29) is 6.10 Å². The van der Waals surface area contributed by atoms with Crippen molar-refractivity contribution in [3.8, 4) is 0 Å². The smallest absolute Gasteiger partial charge is 0.0671 e. The first-order valence-corrected chi connectivity index (χ1v) is 5.04. The molecular formula is C11H18N2O. The van der Waals surface area contributed by atoms with E-state index >= 15 is 0 Å². The van der Waals surface area contributed by atoms with E-state index in [0.29, 0.717) is 0 Å². The molecule has 0 amide bonds. The predicted molar refractivity (Wildman–Crippen MR) is 57.0 cm³/mol. The van der Waals surface area contributed by atoms with Crippen LogP contribution in [0.3, 0.4) is 0 Å². The topological polar surface area (TPSA) is 34.1 Å². The number of hydrogen-bond acceptors (Lipinski definition) is 3. The Morgan fingerprint density at radius 3 is 3.07 bits per heavy atom. The van der Waals surface area contributed by atoms with Crippen molar-refractivity contribution in [1.82, 2.24) is 10.3 Å². The summed E-state index contributed by atoms with van der Waals surface area (Å²) in [6, 6.07) is 4.01. The molecule has 1 aromatic rings. The number of rotatable bonds is 6. The van der Waals surface area contributed by atoms with Crippen molar-refractivity contribution < 1.29 is 4.74 Å². The van der Waals surface area contributed by atoms with Crippen LogP contribution in [-0.4, -0.2) is 24.2 Å². The molecule has 0 spiro atoms. The first-order valence-electron chi connectivity index (χ1n) is 5.04. The van der Waals surface area contributed by atoms with E-state index in [1.165, 1.54) is 5.56 Å². The molecule has 3 nitrogen and oxygen atoms in total. The Morgan fingerprint density at radius 2 is 2.43 bits per heavy atom. The second kappa shape index (κ2) is 6.51. The fourth-order valence-corrected chi connectivity index (χ4v) is 1.27. The Kier molecular flexibility index (Phi) is 5.19. The molecule has 1 rings (SSSR count). The van der Waals surface area contributed by atoms with Crippen molar-refractivity contribution in [2.45, 2.75) is 26.5 Å². The highest BCUT2D eigenvalue weighted by Crippen LogP contribution is 1.95. The molecule has 0 aliphatic rings. The molecule has 78 valence electrons. The molecule has 0 aromatic carbocycles. The maximum absolute atomic E-state index is 5.40. The Morgan fingerprint density at radius 1 is 1.57 bits per heavy atom. The molecule has 0 bridgehead atoms. The monoisotopic (exact) mass is 194 g/mol. The van der Waals surface area contributed by atoms with Crippen LogP contribution in [0.25, 0.3) is 0 Å². The number of nitrogens with zero attached hydrogens (tertiary/aromatic N) is 1. The van der Waals surface area contributed by atoms with Gasteiger partial charge >= 0.3 is 0 Å². The van der Waals surface area contributed by atoms with Crippen LogP contribution in [0.4, 0.5) is 0 Å². The van der Waals surface area contributed by atoms with E-state index in [9.17, 15) is 0 Å². The van der Waals surface area contributed by atoms with Gasteiger partial charge < -0.3 is 10.1 Å². The van der Waals surface area contributed by atoms with E-state index in [0.717, 1.165) is 19.7 Å². The van der Waals surface area contributed by atoms with Gasteiger partial charge in [0.2, 0.25) is 0 Å². The van der Waals surface area contributed by atoms with Crippen LogP contribution in [0.1, 0.15) is 19.4 Å². The average Bonchev–Trinajstić information content (AvgIpc) is 2.20. The second-order valence-corrected chi connectivity index (χ2v) is 3.26. The maximum atomic E-state index is 5.40. The number of hydrogen-bond donors (Lipinski definition) is 1. The predicted octanol–water partition coefficient (Wildman–Crippen LogP) is 1.60. The van der Waals surface area contributed by atoms with Crippen LogP contribution < -0.4 is 5.32 Å². The minimum absolute atomic E-state index is 0.275. The molecule has 0 saturated heterocycles. The number of aromatic nitrogens is 1. The van der Waals surface area contributed by atoms with Crippen LogP contribution in [0.2, 0.25) is 0 Å². The zero-order valence-corrected chi connectivity index (χ0v) is 8.86. The summed E-state index contributed by atoms with van der Waals surface area (Å²) in [5.74, 6) is 0. The van der Waals surface area contributed by atoms with Crippen molar-refractivity contribution in [3.05, 3.63) is 30.1 Å². The van der Waals surface area contributed by atoms with Gasteiger partial charge in [-0.3, -0.25) is 4.98 Å². The summed E-state index contributed by atoms with van der Waals surface area (Å²) >= 11 is 0. The van der Waals surface area contributed by atoms with Crippen molar-refractivity contribution in [1.29, 1.82) is 0 Å². The van der Waals surface area contributed by atoms with Gasteiger partial charge in [-0.25, -0.2) is 0 Å². The van der Waals surface area contributed by atoms with Crippen molar-refractivity contribution in [2.75, 3.05) is 13.2 Å². The molecule has 14 heavy (non-hydrogen) atoms. The van der Waals surface area contributed by atoms with Gasteiger partial charge in [0, 0.05) is 32.1 Å². The fourth-order valence-electron chi connectivity index (χ4n) is 1.27. The lowest BCUT2D eigenvalue weighted by atomic mass is 10.3. The number of nitrogens with one attached hydrogen (secondary N) is 1. The van der Waals surface area contributed by atoms with Crippen LogP contribution in [0.5, 0.6) is 0 Å². The summed E-state index contributed by atoms with van der Waals surface area (Å²) in [6.45, 7) is 6.58.